The SMILES string of the molecule is CC1CC(NCCCOCCO)CC(C)(C)C1. The first-order valence-electron chi connectivity index (χ1n) is 6.95. The van der Waals surface area contributed by atoms with Crippen LogP contribution in [-0.2, 0) is 4.74 Å². The van der Waals surface area contributed by atoms with Crippen molar-refractivity contribution in [3.8, 4) is 0 Å². The average molecular weight is 243 g/mol. The monoisotopic (exact) mass is 243 g/mol. The highest BCUT2D eigenvalue weighted by atomic mass is 16.5. The normalized spacial score (nSPS) is 28.2. The molecule has 0 saturated heterocycles. The fraction of sp³-hybridized carbons (Fsp3) is 1.00. The minimum absolute atomic E-state index is 0.127. The number of hydrogen-bond acceptors (Lipinski definition) is 3. The third kappa shape index (κ3) is 6.39. The summed E-state index contributed by atoms with van der Waals surface area (Å²) in [5.74, 6) is 0.835. The van der Waals surface area contributed by atoms with Gasteiger partial charge in [-0.05, 0) is 43.6 Å². The first kappa shape index (κ1) is 14.9. The molecule has 1 aliphatic carbocycles. The average Bonchev–Trinajstić information content (AvgIpc) is 2.20. The van der Waals surface area contributed by atoms with E-state index in [1.54, 1.807) is 0 Å². The van der Waals surface area contributed by atoms with Gasteiger partial charge in [-0.15, -0.1) is 0 Å². The van der Waals surface area contributed by atoms with Crippen molar-refractivity contribution in [1.82, 2.24) is 5.32 Å². The minimum atomic E-state index is 0.127. The quantitative estimate of drug-likeness (QED) is 0.674. The third-order valence-corrected chi connectivity index (χ3v) is 3.52. The lowest BCUT2D eigenvalue weighted by atomic mass is 9.70. The van der Waals surface area contributed by atoms with E-state index in [1.165, 1.54) is 19.3 Å². The maximum Gasteiger partial charge on any atom is 0.0697 e. The highest BCUT2D eigenvalue weighted by Crippen LogP contribution is 2.38. The van der Waals surface area contributed by atoms with Gasteiger partial charge in [-0.3, -0.25) is 0 Å². The van der Waals surface area contributed by atoms with Gasteiger partial charge in [0, 0.05) is 12.6 Å². The number of ether oxygens (including phenoxy) is 1. The lowest BCUT2D eigenvalue weighted by Crippen LogP contribution is -2.40. The smallest absolute Gasteiger partial charge is 0.0697 e. The van der Waals surface area contributed by atoms with Crippen molar-refractivity contribution in [2.24, 2.45) is 11.3 Å². The molecule has 0 amide bonds. The largest absolute Gasteiger partial charge is 0.394 e. The zero-order valence-corrected chi connectivity index (χ0v) is 11.7. The molecule has 2 unspecified atom stereocenters. The van der Waals surface area contributed by atoms with Crippen molar-refractivity contribution in [2.75, 3.05) is 26.4 Å². The summed E-state index contributed by atoms with van der Waals surface area (Å²) in [5.41, 5.74) is 0.489. The predicted octanol–water partition coefficient (Wildman–Crippen LogP) is 2.19. The second kappa shape index (κ2) is 7.34. The molecule has 2 atom stereocenters. The lowest BCUT2D eigenvalue weighted by molar-refractivity contribution is 0.0886. The number of nitrogens with one attached hydrogen (secondary N) is 1. The highest BCUT2D eigenvalue weighted by molar-refractivity contribution is 4.86. The Balaban J connectivity index is 2.10. The lowest BCUT2D eigenvalue weighted by Gasteiger charge is -2.39. The Morgan fingerprint density at radius 3 is 2.71 bits per heavy atom. The van der Waals surface area contributed by atoms with E-state index in [0.29, 0.717) is 18.1 Å². The second-order valence-electron chi connectivity index (χ2n) is 6.25. The summed E-state index contributed by atoms with van der Waals surface area (Å²) in [4.78, 5) is 0. The maximum atomic E-state index is 8.57. The van der Waals surface area contributed by atoms with Crippen molar-refractivity contribution in [3.05, 3.63) is 0 Å². The summed E-state index contributed by atoms with van der Waals surface area (Å²) in [6.45, 7) is 9.48. The molecule has 1 saturated carbocycles. The number of aliphatic hydroxyl groups is 1. The third-order valence-electron chi connectivity index (χ3n) is 3.52. The van der Waals surface area contributed by atoms with E-state index in [2.05, 4.69) is 26.1 Å². The second-order valence-corrected chi connectivity index (χ2v) is 6.25. The van der Waals surface area contributed by atoms with Crippen molar-refractivity contribution in [1.29, 1.82) is 0 Å². The number of rotatable bonds is 7. The van der Waals surface area contributed by atoms with Crippen LogP contribution in [0.2, 0.25) is 0 Å². The maximum absolute atomic E-state index is 8.57. The zero-order chi connectivity index (χ0) is 12.7. The molecule has 2 N–H and O–H groups in total. The number of aliphatic hydroxyl groups excluding tert-OH is 1. The van der Waals surface area contributed by atoms with E-state index in [-0.39, 0.29) is 6.61 Å². The molecule has 3 nitrogen and oxygen atoms in total. The number of hydrogen-bond donors (Lipinski definition) is 2. The van der Waals surface area contributed by atoms with Crippen LogP contribution in [0.4, 0.5) is 0 Å². The fourth-order valence-electron chi connectivity index (χ4n) is 3.15. The highest BCUT2D eigenvalue weighted by Gasteiger charge is 2.31. The molecule has 0 spiro atoms. The molecule has 0 bridgehead atoms. The Morgan fingerprint density at radius 2 is 2.06 bits per heavy atom. The topological polar surface area (TPSA) is 41.5 Å². The molecular weight excluding hydrogens is 214 g/mol. The molecule has 1 fully saturated rings. The molecule has 0 heterocycles. The van der Waals surface area contributed by atoms with Crippen LogP contribution >= 0.6 is 0 Å². The van der Waals surface area contributed by atoms with E-state index in [9.17, 15) is 0 Å². The summed E-state index contributed by atoms with van der Waals surface area (Å²) >= 11 is 0. The van der Waals surface area contributed by atoms with Crippen molar-refractivity contribution >= 4 is 0 Å². The van der Waals surface area contributed by atoms with Crippen LogP contribution in [0.3, 0.4) is 0 Å². The van der Waals surface area contributed by atoms with Crippen LogP contribution in [0.15, 0.2) is 0 Å². The molecule has 102 valence electrons. The van der Waals surface area contributed by atoms with Crippen LogP contribution in [0, 0.1) is 11.3 Å². The van der Waals surface area contributed by atoms with Gasteiger partial charge in [-0.25, -0.2) is 0 Å². The zero-order valence-electron chi connectivity index (χ0n) is 11.7. The molecule has 0 radical (unpaired) electrons. The van der Waals surface area contributed by atoms with Gasteiger partial charge in [-0.2, -0.15) is 0 Å². The Bertz CT molecular complexity index is 206. The molecule has 0 aromatic carbocycles. The van der Waals surface area contributed by atoms with Crippen LogP contribution in [0.25, 0.3) is 0 Å². The standard InChI is InChI=1S/C14H29NO2/c1-12-9-13(11-14(2,3)10-12)15-5-4-7-17-8-6-16/h12-13,15-16H,4-11H2,1-3H3. The molecular formula is C14H29NO2. The summed E-state index contributed by atoms with van der Waals surface area (Å²) in [6.07, 6.45) is 4.98. The Labute approximate surface area is 106 Å². The van der Waals surface area contributed by atoms with E-state index in [1.807, 2.05) is 0 Å². The van der Waals surface area contributed by atoms with Gasteiger partial charge >= 0.3 is 0 Å². The summed E-state index contributed by atoms with van der Waals surface area (Å²) in [7, 11) is 0. The predicted molar refractivity (Wildman–Crippen MR) is 71.1 cm³/mol. The van der Waals surface area contributed by atoms with Gasteiger partial charge in [0.15, 0.2) is 0 Å². The van der Waals surface area contributed by atoms with Gasteiger partial charge in [0.2, 0.25) is 0 Å². The van der Waals surface area contributed by atoms with Crippen molar-refractivity contribution < 1.29 is 9.84 Å². The van der Waals surface area contributed by atoms with Crippen molar-refractivity contribution in [3.63, 3.8) is 0 Å². The summed E-state index contributed by atoms with van der Waals surface area (Å²) in [5, 5.41) is 12.2. The van der Waals surface area contributed by atoms with Gasteiger partial charge in [0.1, 0.15) is 0 Å². The Kier molecular flexibility index (Phi) is 6.45. The van der Waals surface area contributed by atoms with Gasteiger partial charge < -0.3 is 15.2 Å². The fourth-order valence-corrected chi connectivity index (χ4v) is 3.15. The minimum Gasteiger partial charge on any atom is -0.394 e. The van der Waals surface area contributed by atoms with Crippen LogP contribution in [0.5, 0.6) is 0 Å². The van der Waals surface area contributed by atoms with E-state index in [0.717, 1.165) is 25.5 Å². The van der Waals surface area contributed by atoms with Crippen LogP contribution < -0.4 is 5.32 Å². The van der Waals surface area contributed by atoms with E-state index >= 15 is 0 Å². The summed E-state index contributed by atoms with van der Waals surface area (Å²) < 4.78 is 5.24. The van der Waals surface area contributed by atoms with Gasteiger partial charge in [0.05, 0.1) is 13.2 Å². The molecule has 1 rings (SSSR count). The molecule has 0 aromatic heterocycles. The molecule has 1 aliphatic rings. The molecule has 17 heavy (non-hydrogen) atoms. The van der Waals surface area contributed by atoms with Crippen LogP contribution in [-0.4, -0.2) is 37.5 Å². The molecule has 0 aliphatic heterocycles. The first-order chi connectivity index (χ1) is 8.03. The van der Waals surface area contributed by atoms with E-state index < -0.39 is 0 Å². The Hall–Kier alpha value is -0.120. The van der Waals surface area contributed by atoms with E-state index in [4.69, 9.17) is 9.84 Å². The van der Waals surface area contributed by atoms with Crippen molar-refractivity contribution in [2.45, 2.75) is 52.5 Å². The van der Waals surface area contributed by atoms with Crippen LogP contribution in [0.1, 0.15) is 46.5 Å². The first-order valence-corrected chi connectivity index (χ1v) is 6.95. The summed E-state index contributed by atoms with van der Waals surface area (Å²) in [6, 6.07) is 0.673. The molecule has 0 aromatic rings. The van der Waals surface area contributed by atoms with Gasteiger partial charge in [-0.1, -0.05) is 20.8 Å². The molecule has 3 heteroatoms. The van der Waals surface area contributed by atoms with Gasteiger partial charge in [0.25, 0.3) is 0 Å². The Morgan fingerprint density at radius 1 is 1.29 bits per heavy atom.